The van der Waals surface area contributed by atoms with Gasteiger partial charge in [0.25, 0.3) is 0 Å². The van der Waals surface area contributed by atoms with Crippen LogP contribution in [0.15, 0.2) is 59.5 Å². The number of nitrogens with zero attached hydrogens (tertiary/aromatic N) is 5. The lowest BCUT2D eigenvalue weighted by Gasteiger charge is -2.20. The first-order valence-corrected chi connectivity index (χ1v) is 13.3. The fourth-order valence-electron chi connectivity index (χ4n) is 5.38. The van der Waals surface area contributed by atoms with E-state index in [1.165, 1.54) is 23.8 Å². The summed E-state index contributed by atoms with van der Waals surface area (Å²) in [5, 5.41) is 14.3. The molecule has 2 heterocycles. The van der Waals surface area contributed by atoms with Crippen LogP contribution in [0.1, 0.15) is 68.4 Å². The summed E-state index contributed by atoms with van der Waals surface area (Å²) in [6, 6.07) is 16.1. The highest BCUT2D eigenvalue weighted by atomic mass is 16.2. The summed E-state index contributed by atoms with van der Waals surface area (Å²) in [6.45, 7) is 4.69. The monoisotopic (exact) mass is 498 g/mol. The summed E-state index contributed by atoms with van der Waals surface area (Å²) in [5.41, 5.74) is 4.65. The largest absolute Gasteiger partial charge is 0.335 e. The van der Waals surface area contributed by atoms with E-state index in [0.29, 0.717) is 30.6 Å². The molecule has 1 fully saturated rings. The molecule has 1 aliphatic carbocycles. The van der Waals surface area contributed by atoms with Gasteiger partial charge in [0.1, 0.15) is 0 Å². The second kappa shape index (κ2) is 11.1. The number of H-pyrrole nitrogens is 1. The molecule has 2 aromatic carbocycles. The van der Waals surface area contributed by atoms with Gasteiger partial charge < -0.3 is 0 Å². The van der Waals surface area contributed by atoms with E-state index in [4.69, 9.17) is 0 Å². The maximum absolute atomic E-state index is 13.4. The van der Waals surface area contributed by atoms with E-state index in [-0.39, 0.29) is 11.6 Å². The minimum absolute atomic E-state index is 0.0745. The van der Waals surface area contributed by atoms with Crippen LogP contribution < -0.4 is 5.69 Å². The molecular formula is C29H34N6O2. The van der Waals surface area contributed by atoms with Crippen LogP contribution in [0, 0.1) is 11.8 Å². The molecule has 0 atom stereocenters. The molecule has 37 heavy (non-hydrogen) atoms. The summed E-state index contributed by atoms with van der Waals surface area (Å²) < 4.78 is 3.13. The lowest BCUT2D eigenvalue weighted by atomic mass is 9.87. The van der Waals surface area contributed by atoms with Crippen molar-refractivity contribution in [3.8, 4) is 22.5 Å². The van der Waals surface area contributed by atoms with Crippen molar-refractivity contribution in [3.05, 3.63) is 76.5 Å². The smallest absolute Gasteiger partial charge is 0.292 e. The lowest BCUT2D eigenvalue weighted by molar-refractivity contribution is 0.0863. The quantitative estimate of drug-likeness (QED) is 0.353. The Morgan fingerprint density at radius 1 is 1.03 bits per heavy atom. The fourth-order valence-corrected chi connectivity index (χ4v) is 5.38. The van der Waals surface area contributed by atoms with Crippen LogP contribution in [0.25, 0.3) is 22.5 Å². The minimum Gasteiger partial charge on any atom is -0.292 e. The van der Waals surface area contributed by atoms with Crippen molar-refractivity contribution in [1.29, 1.82) is 0 Å². The number of aromatic amines is 1. The van der Waals surface area contributed by atoms with Gasteiger partial charge in [0, 0.05) is 23.9 Å². The topological polar surface area (TPSA) is 98.5 Å². The van der Waals surface area contributed by atoms with Gasteiger partial charge in [-0.25, -0.2) is 14.5 Å². The fraction of sp³-hybridized carbons (Fsp3) is 0.414. The van der Waals surface area contributed by atoms with Gasteiger partial charge in [0.2, 0.25) is 5.91 Å². The third-order valence-electron chi connectivity index (χ3n) is 7.27. The normalized spacial score (nSPS) is 14.4. The Morgan fingerprint density at radius 2 is 1.76 bits per heavy atom. The summed E-state index contributed by atoms with van der Waals surface area (Å²) in [6.07, 6.45) is 8.77. The number of rotatable bonds is 8. The van der Waals surface area contributed by atoms with Crippen molar-refractivity contribution in [2.75, 3.05) is 0 Å². The molecule has 192 valence electrons. The summed E-state index contributed by atoms with van der Waals surface area (Å²) in [5.74, 6) is 1.31. The van der Waals surface area contributed by atoms with Gasteiger partial charge >= 0.3 is 5.69 Å². The number of imidazole rings is 1. The molecule has 4 aromatic rings. The molecule has 1 N–H and O–H groups in total. The van der Waals surface area contributed by atoms with Crippen LogP contribution in [-0.4, -0.2) is 35.7 Å². The Morgan fingerprint density at radius 3 is 2.43 bits per heavy atom. The molecule has 0 unspecified atom stereocenters. The molecule has 0 saturated heterocycles. The highest BCUT2D eigenvalue weighted by Gasteiger charge is 2.22. The zero-order valence-corrected chi connectivity index (χ0v) is 21.6. The Kier molecular flexibility index (Phi) is 7.44. The van der Waals surface area contributed by atoms with Crippen molar-refractivity contribution >= 4 is 5.91 Å². The molecule has 0 amide bonds. The zero-order chi connectivity index (χ0) is 25.8. The van der Waals surface area contributed by atoms with E-state index < -0.39 is 0 Å². The Bertz CT molecular complexity index is 1390. The highest BCUT2D eigenvalue weighted by Crippen LogP contribution is 2.30. The molecule has 0 bridgehead atoms. The van der Waals surface area contributed by atoms with Gasteiger partial charge in [-0.15, -0.1) is 5.10 Å². The van der Waals surface area contributed by atoms with Crippen molar-refractivity contribution < 1.29 is 4.79 Å². The van der Waals surface area contributed by atoms with Gasteiger partial charge in [-0.1, -0.05) is 81.6 Å². The number of carbonyl (C=O) groups is 1. The van der Waals surface area contributed by atoms with Gasteiger partial charge in [0.05, 0.1) is 6.54 Å². The maximum atomic E-state index is 13.4. The van der Waals surface area contributed by atoms with E-state index in [9.17, 15) is 9.59 Å². The van der Waals surface area contributed by atoms with Crippen LogP contribution in [0.3, 0.4) is 0 Å². The van der Waals surface area contributed by atoms with Crippen molar-refractivity contribution in [2.45, 2.75) is 65.3 Å². The third-order valence-corrected chi connectivity index (χ3v) is 7.27. The number of hydrogen-bond acceptors (Lipinski definition) is 5. The number of hydrogen-bond donors (Lipinski definition) is 1. The van der Waals surface area contributed by atoms with Gasteiger partial charge in [-0.2, -0.15) is 0 Å². The first kappa shape index (κ1) is 24.9. The predicted molar refractivity (Wildman–Crippen MR) is 143 cm³/mol. The van der Waals surface area contributed by atoms with Crippen molar-refractivity contribution in [1.82, 2.24) is 29.8 Å². The number of benzene rings is 2. The second-order valence-electron chi connectivity index (χ2n) is 10.6. The van der Waals surface area contributed by atoms with E-state index in [0.717, 1.165) is 47.2 Å². The van der Waals surface area contributed by atoms with Crippen LogP contribution in [0.2, 0.25) is 0 Å². The van der Waals surface area contributed by atoms with Gasteiger partial charge in [0.15, 0.2) is 5.82 Å². The lowest BCUT2D eigenvalue weighted by Crippen LogP contribution is -2.30. The number of tetrazole rings is 1. The van der Waals surface area contributed by atoms with Crippen LogP contribution >= 0.6 is 0 Å². The van der Waals surface area contributed by atoms with Crippen molar-refractivity contribution in [2.24, 2.45) is 11.8 Å². The molecule has 0 aliphatic heterocycles. The van der Waals surface area contributed by atoms with Crippen LogP contribution in [0.5, 0.6) is 0 Å². The Labute approximate surface area is 216 Å². The van der Waals surface area contributed by atoms with Crippen LogP contribution in [-0.2, 0) is 13.0 Å². The predicted octanol–water partition coefficient (Wildman–Crippen LogP) is 5.35. The molecule has 8 nitrogen and oxygen atoms in total. The highest BCUT2D eigenvalue weighted by molar-refractivity contribution is 5.80. The molecule has 5 rings (SSSR count). The first-order valence-electron chi connectivity index (χ1n) is 13.3. The van der Waals surface area contributed by atoms with Crippen LogP contribution in [0.4, 0.5) is 0 Å². The third kappa shape index (κ3) is 5.63. The first-order chi connectivity index (χ1) is 18.0. The number of aromatic nitrogens is 6. The Balaban J connectivity index is 1.39. The van der Waals surface area contributed by atoms with Gasteiger partial charge in [-0.05, 0) is 58.2 Å². The second-order valence-corrected chi connectivity index (χ2v) is 10.6. The minimum atomic E-state index is -0.233. The van der Waals surface area contributed by atoms with E-state index in [2.05, 4.69) is 46.6 Å². The SMILES string of the molecule is CC(C)Cc1cn(C(=O)CC2CCCCC2)c(=O)n1Cc1ccc(-c2ccccc2-c2nnn[nH]2)cc1. The molecule has 0 radical (unpaired) electrons. The van der Waals surface area contributed by atoms with E-state index in [1.54, 1.807) is 10.8 Å². The van der Waals surface area contributed by atoms with E-state index in [1.807, 2.05) is 36.4 Å². The molecule has 1 aliphatic rings. The standard InChI is InChI=1S/C29H34N6O2/c1-20(2)16-24-19-35(27(36)17-21-8-4-3-5-9-21)29(37)34(24)18-22-12-14-23(15-13-22)25-10-6-7-11-26(25)28-30-32-33-31-28/h6-7,10-15,19-21H,3-5,8-9,16-18H2,1-2H3,(H,30,31,32,33). The Hall–Kier alpha value is -3.81. The maximum Gasteiger partial charge on any atom is 0.335 e. The zero-order valence-electron chi connectivity index (χ0n) is 21.6. The van der Waals surface area contributed by atoms with Gasteiger partial charge in [-0.3, -0.25) is 9.36 Å². The average molecular weight is 499 g/mol. The summed E-state index contributed by atoms with van der Waals surface area (Å²) in [7, 11) is 0. The summed E-state index contributed by atoms with van der Waals surface area (Å²) in [4.78, 5) is 26.5. The molecule has 8 heteroatoms. The van der Waals surface area contributed by atoms with Crippen molar-refractivity contribution in [3.63, 3.8) is 0 Å². The molecule has 2 aromatic heterocycles. The number of nitrogens with one attached hydrogen (secondary N) is 1. The molecular weight excluding hydrogens is 464 g/mol. The average Bonchev–Trinajstić information content (AvgIpc) is 3.54. The molecule has 0 spiro atoms. The summed E-state index contributed by atoms with van der Waals surface area (Å²) >= 11 is 0. The molecule has 1 saturated carbocycles. The van der Waals surface area contributed by atoms with E-state index >= 15 is 0 Å². The number of carbonyl (C=O) groups excluding carboxylic acids is 1.